The summed E-state index contributed by atoms with van der Waals surface area (Å²) < 4.78 is 24.7. The van der Waals surface area contributed by atoms with Crippen molar-refractivity contribution in [3.8, 4) is 5.75 Å². The number of amides is 2. The van der Waals surface area contributed by atoms with E-state index in [1.54, 1.807) is 34.6 Å². The summed E-state index contributed by atoms with van der Waals surface area (Å²) in [6, 6.07) is 2.61. The Kier molecular flexibility index (Phi) is 10.3. The van der Waals surface area contributed by atoms with Crippen molar-refractivity contribution in [2.75, 3.05) is 13.1 Å². The molecule has 11 heteroatoms. The van der Waals surface area contributed by atoms with Crippen LogP contribution in [-0.4, -0.2) is 47.9 Å². The molecule has 1 aliphatic rings. The van der Waals surface area contributed by atoms with Crippen LogP contribution in [0.5, 0.6) is 5.75 Å². The van der Waals surface area contributed by atoms with Crippen LogP contribution in [0.3, 0.4) is 0 Å². The topological polar surface area (TPSA) is 132 Å². The molecule has 0 radical (unpaired) electrons. The first kappa shape index (κ1) is 28.3. The Morgan fingerprint density at radius 1 is 1.29 bits per heavy atom. The maximum atomic E-state index is 14.0. The predicted octanol–water partition coefficient (Wildman–Crippen LogP) is 3.58. The summed E-state index contributed by atoms with van der Waals surface area (Å²) in [6.07, 6.45) is 2.37. The minimum Gasteiger partial charge on any atom is -0.444 e. The lowest BCUT2D eigenvalue weighted by atomic mass is 10.0. The molecule has 1 aliphatic heterocycles. The quantitative estimate of drug-likeness (QED) is 0.201. The van der Waals surface area contributed by atoms with Gasteiger partial charge in [0, 0.05) is 18.2 Å². The fourth-order valence-corrected chi connectivity index (χ4v) is 3.74. The first-order chi connectivity index (χ1) is 16.4. The molecule has 2 amide bonds. The Hall–Kier alpha value is -2.92. The van der Waals surface area contributed by atoms with Gasteiger partial charge in [0.2, 0.25) is 0 Å². The number of amidine groups is 1. The van der Waals surface area contributed by atoms with Crippen molar-refractivity contribution in [3.63, 3.8) is 0 Å². The van der Waals surface area contributed by atoms with E-state index in [-0.39, 0.29) is 17.6 Å². The van der Waals surface area contributed by atoms with Crippen molar-refractivity contribution < 1.29 is 28.2 Å². The van der Waals surface area contributed by atoms with Gasteiger partial charge >= 0.3 is 12.1 Å². The number of halogens is 1. The minimum absolute atomic E-state index is 0.0825. The van der Waals surface area contributed by atoms with E-state index >= 15 is 0 Å². The molecule has 0 bridgehead atoms. The number of esters is 1. The Morgan fingerprint density at radius 3 is 2.63 bits per heavy atom. The van der Waals surface area contributed by atoms with Gasteiger partial charge in [-0.05, 0) is 76.0 Å². The molecule has 1 fully saturated rings. The molecule has 1 unspecified atom stereocenters. The number of carbonyl (C=O) groups excluding carboxylic acids is 3. The van der Waals surface area contributed by atoms with Crippen molar-refractivity contribution in [1.82, 2.24) is 10.6 Å². The van der Waals surface area contributed by atoms with Crippen LogP contribution in [0.15, 0.2) is 28.1 Å². The molecule has 192 valence electrons. The molecular weight excluding hydrogens is 475 g/mol. The highest BCUT2D eigenvalue weighted by Crippen LogP contribution is 2.30. The van der Waals surface area contributed by atoms with Crippen LogP contribution in [-0.2, 0) is 14.3 Å². The van der Waals surface area contributed by atoms with Crippen LogP contribution in [0.4, 0.5) is 9.18 Å². The Bertz CT molecular complexity index is 1000. The fourth-order valence-electron chi connectivity index (χ4n) is 2.90. The first-order valence-electron chi connectivity index (χ1n) is 11.4. The van der Waals surface area contributed by atoms with E-state index in [9.17, 15) is 18.8 Å². The van der Waals surface area contributed by atoms with Crippen molar-refractivity contribution in [2.45, 2.75) is 59.1 Å². The third kappa shape index (κ3) is 9.33. The maximum Gasteiger partial charge on any atom is 0.408 e. The lowest BCUT2D eigenvalue weighted by molar-refractivity contribution is -0.138. The van der Waals surface area contributed by atoms with Gasteiger partial charge in [-0.2, -0.15) is 0 Å². The van der Waals surface area contributed by atoms with Crippen LogP contribution in [0.25, 0.3) is 6.08 Å². The Labute approximate surface area is 209 Å². The molecule has 0 saturated carbocycles. The Balaban J connectivity index is 2.20. The van der Waals surface area contributed by atoms with Gasteiger partial charge < -0.3 is 25.8 Å². The van der Waals surface area contributed by atoms with Crippen molar-refractivity contribution in [1.29, 1.82) is 0 Å². The van der Waals surface area contributed by atoms with E-state index in [1.165, 1.54) is 18.2 Å². The van der Waals surface area contributed by atoms with E-state index < -0.39 is 29.5 Å². The van der Waals surface area contributed by atoms with Gasteiger partial charge in [-0.25, -0.2) is 14.0 Å². The van der Waals surface area contributed by atoms with Crippen LogP contribution >= 0.6 is 11.8 Å². The average molecular weight is 509 g/mol. The van der Waals surface area contributed by atoms with E-state index in [2.05, 4.69) is 15.6 Å². The monoisotopic (exact) mass is 508 g/mol. The van der Waals surface area contributed by atoms with Crippen molar-refractivity contribution >= 4 is 41.0 Å². The van der Waals surface area contributed by atoms with Gasteiger partial charge in [-0.15, -0.1) is 0 Å². The normalized spacial score (nSPS) is 17.0. The number of aliphatic imine (C=N–C) groups is 1. The number of hydrogen-bond donors (Lipinski definition) is 3. The van der Waals surface area contributed by atoms with Crippen LogP contribution in [0.1, 0.15) is 53.0 Å². The Morgan fingerprint density at radius 2 is 2.00 bits per heavy atom. The van der Waals surface area contributed by atoms with Crippen molar-refractivity contribution in [2.24, 2.45) is 16.6 Å². The number of carbonyl (C=O) groups is 3. The molecule has 1 aromatic rings. The highest BCUT2D eigenvalue weighted by Gasteiger charge is 2.30. The largest absolute Gasteiger partial charge is 0.444 e. The number of ether oxygens (including phenoxy) is 2. The summed E-state index contributed by atoms with van der Waals surface area (Å²) in [5.74, 6) is -2.19. The number of alkyl carbamates (subject to hydrolysis) is 1. The molecule has 0 aromatic heterocycles. The number of thioether (sulfide) groups is 1. The summed E-state index contributed by atoms with van der Waals surface area (Å²) in [5.41, 5.74) is 5.05. The molecular formula is C24H33FN4O5S. The third-order valence-electron chi connectivity index (χ3n) is 4.58. The van der Waals surface area contributed by atoms with Gasteiger partial charge in [-0.1, -0.05) is 13.8 Å². The number of rotatable bonds is 9. The summed E-state index contributed by atoms with van der Waals surface area (Å²) in [6.45, 7) is 9.68. The second-order valence-electron chi connectivity index (χ2n) is 9.22. The maximum absolute atomic E-state index is 14.0. The molecule has 1 saturated heterocycles. The zero-order valence-corrected chi connectivity index (χ0v) is 21.5. The number of nitrogens with zero attached hydrogens (tertiary/aromatic N) is 1. The lowest BCUT2D eigenvalue weighted by Gasteiger charge is -2.24. The first-order valence-corrected chi connectivity index (χ1v) is 12.2. The number of benzene rings is 1. The molecule has 0 spiro atoms. The van der Waals surface area contributed by atoms with Crippen LogP contribution < -0.4 is 21.1 Å². The smallest absolute Gasteiger partial charge is 0.408 e. The predicted molar refractivity (Wildman–Crippen MR) is 134 cm³/mol. The molecule has 35 heavy (non-hydrogen) atoms. The van der Waals surface area contributed by atoms with E-state index in [4.69, 9.17) is 15.2 Å². The number of hydrogen-bond acceptors (Lipinski definition) is 8. The van der Waals surface area contributed by atoms with Crippen LogP contribution in [0, 0.1) is 11.7 Å². The molecule has 4 N–H and O–H groups in total. The molecule has 1 atom stereocenters. The summed E-state index contributed by atoms with van der Waals surface area (Å²) >= 11 is 1.14. The van der Waals surface area contributed by atoms with Gasteiger partial charge in [0.05, 0.1) is 4.91 Å². The van der Waals surface area contributed by atoms with Crippen LogP contribution in [0.2, 0.25) is 0 Å². The van der Waals surface area contributed by atoms with Gasteiger partial charge in [-0.3, -0.25) is 9.79 Å². The van der Waals surface area contributed by atoms with Gasteiger partial charge in [0.15, 0.2) is 5.17 Å². The molecule has 1 aromatic carbocycles. The molecule has 0 aliphatic carbocycles. The van der Waals surface area contributed by atoms with Gasteiger partial charge in [0.1, 0.15) is 23.2 Å². The fraction of sp³-hybridized carbons (Fsp3) is 0.500. The molecule has 2 rings (SSSR count). The molecule has 1 heterocycles. The average Bonchev–Trinajstić information content (AvgIpc) is 3.09. The lowest BCUT2D eigenvalue weighted by Crippen LogP contribution is -2.48. The summed E-state index contributed by atoms with van der Waals surface area (Å²) in [4.78, 5) is 42.1. The third-order valence-corrected chi connectivity index (χ3v) is 5.53. The second kappa shape index (κ2) is 12.7. The highest BCUT2D eigenvalue weighted by molar-refractivity contribution is 8.18. The second-order valence-corrected chi connectivity index (χ2v) is 10.2. The highest BCUT2D eigenvalue weighted by atomic mass is 32.2. The van der Waals surface area contributed by atoms with E-state index in [0.29, 0.717) is 28.7 Å². The van der Waals surface area contributed by atoms with Gasteiger partial charge in [0.25, 0.3) is 5.91 Å². The number of nitrogens with one attached hydrogen (secondary N) is 2. The summed E-state index contributed by atoms with van der Waals surface area (Å²) in [5, 5.41) is 5.64. The standard InChI is InChI=1S/C24H33FN4O5S/c1-14(2)19(28-23(32)34-24(3,4)5)21(31)33-17-13-16(25)9-8-15(17)12-18-20(30)29-22(35-18)27-11-7-6-10-26/h8-9,12-14,19H,6-7,10-11,26H2,1-5H3,(H,28,32)(H,27,29,30)/b18-12+. The molecule has 9 nitrogen and oxygen atoms in total. The number of unbranched alkanes of at least 4 members (excludes halogenated alkanes) is 1. The van der Waals surface area contributed by atoms with Crippen molar-refractivity contribution in [3.05, 3.63) is 34.5 Å². The summed E-state index contributed by atoms with van der Waals surface area (Å²) in [7, 11) is 0. The number of nitrogens with two attached hydrogens (primary N) is 1. The van der Waals surface area contributed by atoms with E-state index in [1.807, 2.05) is 0 Å². The zero-order valence-electron chi connectivity index (χ0n) is 20.6. The SMILES string of the molecule is CC(C)C(NC(=O)OC(C)(C)C)C(=O)Oc1cc(F)ccc1/C=C1/SC(=NCCCCN)NC1=O. The minimum atomic E-state index is -1.04. The van der Waals surface area contributed by atoms with E-state index in [0.717, 1.165) is 30.7 Å². The zero-order chi connectivity index (χ0) is 26.2.